The standard InChI is InChI=1S/C30H26ClN3O4S2/c1-19(28(35)33-25-17-22(31)8-13-27(25)38-2)40-24-11-9-23(10-12-24)32-30(37)26(16-20-14-15-39-18-20)34-29(36)21-6-4-3-5-7-21/h3-19H,1-2H3,(H,32,37)(H,33,35)(H,34,36)/b26-16-. The maximum atomic E-state index is 13.1. The molecule has 10 heteroatoms. The van der Waals surface area contributed by atoms with Crippen LogP contribution in [-0.4, -0.2) is 30.1 Å². The molecule has 4 rings (SSSR count). The molecular weight excluding hydrogens is 566 g/mol. The summed E-state index contributed by atoms with van der Waals surface area (Å²) in [4.78, 5) is 39.5. The van der Waals surface area contributed by atoms with Crippen LogP contribution < -0.4 is 20.7 Å². The molecule has 7 nitrogen and oxygen atoms in total. The number of carbonyl (C=O) groups is 3. The highest BCUT2D eigenvalue weighted by atomic mass is 35.5. The average Bonchev–Trinajstić information content (AvgIpc) is 3.47. The second kappa shape index (κ2) is 13.8. The van der Waals surface area contributed by atoms with Crippen LogP contribution in [-0.2, 0) is 9.59 Å². The average molecular weight is 592 g/mol. The molecule has 204 valence electrons. The highest BCUT2D eigenvalue weighted by Crippen LogP contribution is 2.30. The van der Waals surface area contributed by atoms with Crippen molar-refractivity contribution in [3.8, 4) is 5.75 Å². The van der Waals surface area contributed by atoms with Gasteiger partial charge in [-0.05, 0) is 90.0 Å². The lowest BCUT2D eigenvalue weighted by Crippen LogP contribution is -2.30. The molecular formula is C30H26ClN3O4S2. The van der Waals surface area contributed by atoms with Crippen LogP contribution >= 0.6 is 34.7 Å². The van der Waals surface area contributed by atoms with Crippen LogP contribution in [0.4, 0.5) is 11.4 Å². The zero-order valence-electron chi connectivity index (χ0n) is 21.6. The summed E-state index contributed by atoms with van der Waals surface area (Å²) >= 11 is 8.92. The van der Waals surface area contributed by atoms with Gasteiger partial charge in [0.15, 0.2) is 0 Å². The van der Waals surface area contributed by atoms with E-state index < -0.39 is 11.2 Å². The van der Waals surface area contributed by atoms with E-state index in [9.17, 15) is 14.4 Å². The van der Waals surface area contributed by atoms with Crippen molar-refractivity contribution in [2.45, 2.75) is 17.1 Å². The van der Waals surface area contributed by atoms with Gasteiger partial charge in [0.2, 0.25) is 5.91 Å². The molecule has 0 bridgehead atoms. The lowest BCUT2D eigenvalue weighted by molar-refractivity contribution is -0.115. The predicted octanol–water partition coefficient (Wildman–Crippen LogP) is 6.94. The van der Waals surface area contributed by atoms with Gasteiger partial charge >= 0.3 is 0 Å². The number of amides is 3. The Morgan fingerprint density at radius 3 is 2.40 bits per heavy atom. The number of methoxy groups -OCH3 is 1. The second-order valence-corrected chi connectivity index (χ2v) is 11.1. The first-order chi connectivity index (χ1) is 19.3. The first-order valence-corrected chi connectivity index (χ1v) is 14.3. The van der Waals surface area contributed by atoms with Crippen molar-refractivity contribution in [3.05, 3.63) is 111 Å². The summed E-state index contributed by atoms with van der Waals surface area (Å²) in [5.74, 6) is -0.534. The maximum absolute atomic E-state index is 13.1. The first-order valence-electron chi connectivity index (χ1n) is 12.1. The molecule has 1 aromatic heterocycles. The number of thioether (sulfide) groups is 1. The molecule has 4 aromatic rings. The molecule has 40 heavy (non-hydrogen) atoms. The number of ether oxygens (including phenoxy) is 1. The zero-order valence-corrected chi connectivity index (χ0v) is 24.0. The Labute approximate surface area is 245 Å². The molecule has 1 unspecified atom stereocenters. The number of hydrogen-bond donors (Lipinski definition) is 3. The van der Waals surface area contributed by atoms with E-state index in [1.165, 1.54) is 30.2 Å². The van der Waals surface area contributed by atoms with Crippen molar-refractivity contribution in [2.24, 2.45) is 0 Å². The first kappa shape index (κ1) is 28.9. The number of halogens is 1. The Bertz CT molecular complexity index is 1510. The Hall–Kier alpha value is -4.05. The molecule has 3 N–H and O–H groups in total. The number of thiophene rings is 1. The molecule has 3 aromatic carbocycles. The molecule has 1 heterocycles. The molecule has 3 amide bonds. The van der Waals surface area contributed by atoms with Gasteiger partial charge in [0, 0.05) is 21.2 Å². The van der Waals surface area contributed by atoms with Gasteiger partial charge in [-0.3, -0.25) is 14.4 Å². The van der Waals surface area contributed by atoms with Gasteiger partial charge in [0.25, 0.3) is 11.8 Å². The van der Waals surface area contributed by atoms with Crippen LogP contribution in [0.3, 0.4) is 0 Å². The third kappa shape index (κ3) is 7.98. The number of nitrogens with one attached hydrogen (secondary N) is 3. The van der Waals surface area contributed by atoms with E-state index in [0.717, 1.165) is 10.5 Å². The largest absolute Gasteiger partial charge is 0.495 e. The van der Waals surface area contributed by atoms with E-state index in [0.29, 0.717) is 27.7 Å². The number of benzene rings is 3. The molecule has 1 atom stereocenters. The lowest BCUT2D eigenvalue weighted by Gasteiger charge is -2.15. The predicted molar refractivity (Wildman–Crippen MR) is 163 cm³/mol. The van der Waals surface area contributed by atoms with E-state index in [1.807, 2.05) is 35.0 Å². The fourth-order valence-corrected chi connectivity index (χ4v) is 5.21. The summed E-state index contributed by atoms with van der Waals surface area (Å²) in [6.07, 6.45) is 1.63. The maximum Gasteiger partial charge on any atom is 0.272 e. The normalized spacial score (nSPS) is 11.8. The highest BCUT2D eigenvalue weighted by molar-refractivity contribution is 8.00. The fraction of sp³-hybridized carbons (Fsp3) is 0.100. The summed E-state index contributed by atoms with van der Waals surface area (Å²) in [6, 6.07) is 22.7. The monoisotopic (exact) mass is 591 g/mol. The third-order valence-electron chi connectivity index (χ3n) is 5.60. The number of anilines is 2. The minimum atomic E-state index is -0.459. The Kier molecular flexibility index (Phi) is 10.0. The molecule has 0 aliphatic heterocycles. The van der Waals surface area contributed by atoms with Crippen molar-refractivity contribution in [1.29, 1.82) is 0 Å². The van der Waals surface area contributed by atoms with Gasteiger partial charge in [-0.25, -0.2) is 0 Å². The van der Waals surface area contributed by atoms with Crippen molar-refractivity contribution in [2.75, 3.05) is 17.7 Å². The van der Waals surface area contributed by atoms with Crippen molar-refractivity contribution in [3.63, 3.8) is 0 Å². The minimum absolute atomic E-state index is 0.118. The van der Waals surface area contributed by atoms with Crippen molar-refractivity contribution in [1.82, 2.24) is 5.32 Å². The number of carbonyl (C=O) groups excluding carboxylic acids is 3. The summed E-state index contributed by atoms with van der Waals surface area (Å²) in [7, 11) is 1.52. The molecule has 0 aliphatic rings. The van der Waals surface area contributed by atoms with Gasteiger partial charge in [0.1, 0.15) is 11.4 Å². The third-order valence-corrected chi connectivity index (χ3v) is 7.65. The zero-order chi connectivity index (χ0) is 28.5. The minimum Gasteiger partial charge on any atom is -0.495 e. The van der Waals surface area contributed by atoms with E-state index >= 15 is 0 Å². The van der Waals surface area contributed by atoms with Crippen molar-refractivity contribution >= 4 is 69.9 Å². The summed E-state index contributed by atoms with van der Waals surface area (Å²) in [6.45, 7) is 1.80. The summed E-state index contributed by atoms with van der Waals surface area (Å²) < 4.78 is 5.29. The summed E-state index contributed by atoms with van der Waals surface area (Å²) in [5, 5.41) is 12.2. The Balaban J connectivity index is 1.40. The highest BCUT2D eigenvalue weighted by Gasteiger charge is 2.18. The van der Waals surface area contributed by atoms with Crippen LogP contribution in [0.1, 0.15) is 22.8 Å². The lowest BCUT2D eigenvalue weighted by atomic mass is 10.2. The van der Waals surface area contributed by atoms with Gasteiger partial charge in [-0.2, -0.15) is 11.3 Å². The van der Waals surface area contributed by atoms with Crippen molar-refractivity contribution < 1.29 is 19.1 Å². The fourth-order valence-electron chi connectivity index (χ4n) is 3.55. The molecule has 0 aliphatic carbocycles. The van der Waals surface area contributed by atoms with E-state index in [2.05, 4.69) is 16.0 Å². The second-order valence-electron chi connectivity index (χ2n) is 8.51. The van der Waals surface area contributed by atoms with Gasteiger partial charge in [-0.1, -0.05) is 29.8 Å². The van der Waals surface area contributed by atoms with Gasteiger partial charge in [-0.15, -0.1) is 11.8 Å². The van der Waals surface area contributed by atoms with E-state index in [4.69, 9.17) is 16.3 Å². The van der Waals surface area contributed by atoms with Crippen LogP contribution in [0.25, 0.3) is 6.08 Å². The molecule has 0 fully saturated rings. The van der Waals surface area contributed by atoms with Crippen LogP contribution in [0.15, 0.2) is 100 Å². The Morgan fingerprint density at radius 2 is 1.73 bits per heavy atom. The number of rotatable bonds is 10. The van der Waals surface area contributed by atoms with Crippen LogP contribution in [0.2, 0.25) is 5.02 Å². The molecule has 0 radical (unpaired) electrons. The molecule has 0 saturated carbocycles. The smallest absolute Gasteiger partial charge is 0.272 e. The number of hydrogen-bond acceptors (Lipinski definition) is 6. The van der Waals surface area contributed by atoms with Crippen LogP contribution in [0.5, 0.6) is 5.75 Å². The quantitative estimate of drug-likeness (QED) is 0.137. The molecule has 0 saturated heterocycles. The van der Waals surface area contributed by atoms with E-state index in [-0.39, 0.29) is 17.5 Å². The summed E-state index contributed by atoms with van der Waals surface area (Å²) in [5.41, 5.74) is 2.40. The van der Waals surface area contributed by atoms with E-state index in [1.54, 1.807) is 67.6 Å². The van der Waals surface area contributed by atoms with Gasteiger partial charge in [0.05, 0.1) is 18.0 Å². The Morgan fingerprint density at radius 1 is 0.975 bits per heavy atom. The van der Waals surface area contributed by atoms with Gasteiger partial charge < -0.3 is 20.7 Å². The SMILES string of the molecule is COc1ccc(Cl)cc1NC(=O)C(C)Sc1ccc(NC(=O)/C(=C/c2ccsc2)NC(=O)c2ccccc2)cc1. The van der Waals surface area contributed by atoms with Crippen LogP contribution in [0, 0.1) is 0 Å². The molecule has 0 spiro atoms. The topological polar surface area (TPSA) is 96.5 Å².